The lowest BCUT2D eigenvalue weighted by Gasteiger charge is -2.52. The van der Waals surface area contributed by atoms with Crippen molar-refractivity contribution in [1.82, 2.24) is 34.9 Å². The van der Waals surface area contributed by atoms with E-state index >= 15 is 0 Å². The number of benzene rings is 2. The molecule has 3 aliphatic heterocycles. The first-order valence-electron chi connectivity index (χ1n) is 20.2. The van der Waals surface area contributed by atoms with Crippen LogP contribution in [0, 0.1) is 5.92 Å². The van der Waals surface area contributed by atoms with Crippen LogP contribution in [-0.4, -0.2) is 134 Å². The molecule has 8 rings (SSSR count). The van der Waals surface area contributed by atoms with Gasteiger partial charge in [-0.15, -0.1) is 0 Å². The minimum atomic E-state index is -1.38. The largest absolute Gasteiger partial charge is 0.496 e. The first kappa shape index (κ1) is 43.5. The summed E-state index contributed by atoms with van der Waals surface area (Å²) in [5, 5.41) is 11.6. The highest BCUT2D eigenvalue weighted by atomic mass is 16.5. The summed E-state index contributed by atoms with van der Waals surface area (Å²) in [5.41, 5.74) is 2.06. The maximum atomic E-state index is 13.5. The third-order valence-corrected chi connectivity index (χ3v) is 11.5. The maximum Gasteiger partial charge on any atom is 0.274 e. The second-order valence-corrected chi connectivity index (χ2v) is 15.6. The number of methoxy groups -OCH3 is 2. The molecule has 0 radical (unpaired) electrons. The van der Waals surface area contributed by atoms with Crippen LogP contribution in [0.15, 0.2) is 53.6 Å². The van der Waals surface area contributed by atoms with Crippen molar-refractivity contribution in [3.8, 4) is 22.6 Å². The van der Waals surface area contributed by atoms with Gasteiger partial charge in [0.1, 0.15) is 22.6 Å². The topological polar surface area (TPSA) is 221 Å². The number of fused-ring (bicyclic) bond motifs is 4. The fourth-order valence-electron chi connectivity index (χ4n) is 8.30. The van der Waals surface area contributed by atoms with Crippen molar-refractivity contribution >= 4 is 52.0 Å². The van der Waals surface area contributed by atoms with Gasteiger partial charge >= 0.3 is 0 Å². The van der Waals surface area contributed by atoms with Crippen LogP contribution >= 0.6 is 0 Å². The average Bonchev–Trinajstić information content (AvgIpc) is 3.74. The van der Waals surface area contributed by atoms with Crippen LogP contribution in [0.3, 0.4) is 0 Å². The van der Waals surface area contributed by atoms with Crippen molar-refractivity contribution in [2.24, 2.45) is 20.0 Å². The molecular formula is C43H50N8O11. The number of hydrogen-bond acceptors (Lipinski definition) is 13. The molecule has 0 atom stereocenters. The number of carbonyl (C=O) groups is 6. The van der Waals surface area contributed by atoms with Gasteiger partial charge in [0, 0.05) is 68.7 Å². The number of likely N-dealkylation sites (N-methyl/N-ethyl adjacent to an activating group) is 1. The molecule has 3 fully saturated rings. The molecule has 19 nitrogen and oxygen atoms in total. The Balaban J connectivity index is 0.775. The molecule has 1 saturated carbocycles. The van der Waals surface area contributed by atoms with Crippen molar-refractivity contribution < 1.29 is 47.7 Å². The predicted octanol–water partition coefficient (Wildman–Crippen LogP) is 0.772. The fraction of sp³-hybridized carbons (Fsp3) is 0.419. The normalized spacial score (nSPS) is 17.8. The predicted molar refractivity (Wildman–Crippen MR) is 225 cm³/mol. The van der Waals surface area contributed by atoms with Crippen molar-refractivity contribution in [3.05, 3.63) is 75.8 Å². The zero-order chi connectivity index (χ0) is 44.3. The Morgan fingerprint density at radius 2 is 1.52 bits per heavy atom. The summed E-state index contributed by atoms with van der Waals surface area (Å²) in [4.78, 5) is 92.2. The highest BCUT2D eigenvalue weighted by Crippen LogP contribution is 2.49. The van der Waals surface area contributed by atoms with Crippen LogP contribution < -0.4 is 36.3 Å². The standard InChI is InChI=1S/C43H50N8O11/c1-48(22-30-32(59-4)17-25(18-33(30)60-5)29-23-50(3)41(57)37-27(29)9-12-49(37)2)24-35(53)45-11-14-62-16-15-61-13-10-44-34(52)21-46-31-8-6-7-28-36(31)40(56)51(39(28)55)43-19-26(20-43)38(54)47-42(43)58/h6-9,12,17-18,23,26,46H,10-11,13-16,19-22,24H2,1-5H3,(H,44,52)(H,45,53)(H,47,54,58). The number of aromatic nitrogens is 2. The molecule has 2 aromatic carbocycles. The smallest absolute Gasteiger partial charge is 0.274 e. The van der Waals surface area contributed by atoms with Gasteiger partial charge in [0.15, 0.2) is 0 Å². The Labute approximate surface area is 356 Å². The third kappa shape index (κ3) is 8.37. The van der Waals surface area contributed by atoms with Crippen molar-refractivity contribution in [1.29, 1.82) is 0 Å². The molecular weight excluding hydrogens is 805 g/mol. The van der Waals surface area contributed by atoms with Crippen LogP contribution in [0.4, 0.5) is 5.69 Å². The minimum Gasteiger partial charge on any atom is -0.496 e. The molecule has 4 aromatic rings. The quantitative estimate of drug-likeness (QED) is 0.0714. The third-order valence-electron chi connectivity index (χ3n) is 11.5. The van der Waals surface area contributed by atoms with Gasteiger partial charge in [-0.25, -0.2) is 0 Å². The number of amides is 6. The van der Waals surface area contributed by atoms with E-state index in [0.717, 1.165) is 27.0 Å². The van der Waals surface area contributed by atoms with Gasteiger partial charge in [-0.2, -0.15) is 0 Å². The van der Waals surface area contributed by atoms with Crippen molar-refractivity contribution in [2.75, 3.05) is 79.2 Å². The van der Waals surface area contributed by atoms with E-state index in [1.807, 2.05) is 43.4 Å². The SMILES string of the molecule is COc1cc(-c2cn(C)c(=O)c3c2ccn3C)cc(OC)c1CN(C)CC(=O)NCCOCCOCCNC(=O)CNc1cccc2c1C(=O)N(C13CC(C1)C(=O)NC3=O)C2=O. The number of anilines is 1. The van der Waals surface area contributed by atoms with E-state index in [4.69, 9.17) is 18.9 Å². The molecule has 5 heterocycles. The Morgan fingerprint density at radius 3 is 2.16 bits per heavy atom. The molecule has 328 valence electrons. The van der Waals surface area contributed by atoms with E-state index in [1.54, 1.807) is 48.7 Å². The lowest BCUT2D eigenvalue weighted by atomic mass is 9.63. The number of ether oxygens (including phenoxy) is 4. The van der Waals surface area contributed by atoms with Crippen molar-refractivity contribution in [3.63, 3.8) is 0 Å². The van der Waals surface area contributed by atoms with Gasteiger partial charge in [-0.1, -0.05) is 6.07 Å². The van der Waals surface area contributed by atoms with Gasteiger partial charge in [0.2, 0.25) is 17.7 Å². The number of nitrogens with zero attached hydrogens (tertiary/aromatic N) is 4. The molecule has 62 heavy (non-hydrogen) atoms. The summed E-state index contributed by atoms with van der Waals surface area (Å²) in [6.45, 7) is 1.84. The van der Waals surface area contributed by atoms with Crippen LogP contribution in [0.25, 0.3) is 22.0 Å². The first-order valence-corrected chi connectivity index (χ1v) is 20.2. The number of hydrogen-bond donors (Lipinski definition) is 4. The van der Waals surface area contributed by atoms with Crippen molar-refractivity contribution in [2.45, 2.75) is 24.9 Å². The molecule has 4 aliphatic rings. The number of rotatable bonds is 20. The summed E-state index contributed by atoms with van der Waals surface area (Å²) < 4.78 is 26.0. The Kier molecular flexibility index (Phi) is 12.8. The van der Waals surface area contributed by atoms with Gasteiger partial charge in [0.25, 0.3) is 23.3 Å². The number of nitrogens with one attached hydrogen (secondary N) is 4. The fourth-order valence-corrected chi connectivity index (χ4v) is 8.30. The zero-order valence-corrected chi connectivity index (χ0v) is 35.3. The van der Waals surface area contributed by atoms with E-state index in [2.05, 4.69) is 21.3 Å². The zero-order valence-electron chi connectivity index (χ0n) is 35.3. The molecule has 6 amide bonds. The number of piperidine rings is 2. The Bertz CT molecular complexity index is 2480. The van der Waals surface area contributed by atoms with E-state index in [-0.39, 0.29) is 93.1 Å². The number of imide groups is 2. The van der Waals surface area contributed by atoms with Crippen LogP contribution in [0.5, 0.6) is 11.5 Å². The molecule has 2 saturated heterocycles. The summed E-state index contributed by atoms with van der Waals surface area (Å²) in [5.74, 6) is -2.10. The van der Waals surface area contributed by atoms with Gasteiger partial charge < -0.3 is 44.0 Å². The van der Waals surface area contributed by atoms with Crippen LogP contribution in [0.1, 0.15) is 39.1 Å². The van der Waals surface area contributed by atoms with Gasteiger partial charge in [0.05, 0.1) is 70.4 Å². The highest BCUT2D eigenvalue weighted by molar-refractivity contribution is 6.27. The molecule has 4 N–H and O–H groups in total. The highest BCUT2D eigenvalue weighted by Gasteiger charge is 2.65. The lowest BCUT2D eigenvalue weighted by Crippen LogP contribution is -2.74. The van der Waals surface area contributed by atoms with Gasteiger partial charge in [-0.3, -0.25) is 48.7 Å². The molecule has 1 aliphatic carbocycles. The molecule has 0 unspecified atom stereocenters. The molecule has 2 bridgehead atoms. The van der Waals surface area contributed by atoms with Gasteiger partial charge in [-0.05, 0) is 55.8 Å². The summed E-state index contributed by atoms with van der Waals surface area (Å²) in [6.07, 6.45) is 3.87. The van der Waals surface area contributed by atoms with Crippen LogP contribution in [0.2, 0.25) is 0 Å². The minimum absolute atomic E-state index is 0.0814. The van der Waals surface area contributed by atoms with E-state index in [9.17, 15) is 33.6 Å². The lowest BCUT2D eigenvalue weighted by molar-refractivity contribution is -0.158. The number of carbonyl (C=O) groups excluding carboxylic acids is 6. The molecule has 19 heteroatoms. The average molecular weight is 855 g/mol. The Hall–Kier alpha value is -6.57. The second-order valence-electron chi connectivity index (χ2n) is 15.6. The summed E-state index contributed by atoms with van der Waals surface area (Å²) >= 11 is 0. The number of pyridine rings is 1. The second kappa shape index (κ2) is 18.2. The molecule has 2 aromatic heterocycles. The maximum absolute atomic E-state index is 13.5. The monoisotopic (exact) mass is 854 g/mol. The summed E-state index contributed by atoms with van der Waals surface area (Å²) in [7, 11) is 8.54. The van der Waals surface area contributed by atoms with E-state index in [1.165, 1.54) is 6.07 Å². The van der Waals surface area contributed by atoms with E-state index in [0.29, 0.717) is 30.1 Å². The molecule has 0 spiro atoms. The first-order chi connectivity index (χ1) is 29.8. The van der Waals surface area contributed by atoms with Crippen LogP contribution in [-0.2, 0) is 49.3 Å². The van der Waals surface area contributed by atoms with E-state index < -0.39 is 35.1 Å². The number of aryl methyl sites for hydroxylation is 2. The Morgan fingerprint density at radius 1 is 0.855 bits per heavy atom. The summed E-state index contributed by atoms with van der Waals surface area (Å²) in [6, 6.07) is 10.4.